The molecule has 13 nitrogen and oxygen atoms in total. The quantitative estimate of drug-likeness (QED) is 0.117. The van der Waals surface area contributed by atoms with Gasteiger partial charge in [-0.05, 0) is 0 Å². The Morgan fingerprint density at radius 3 is 2.14 bits per heavy atom. The molecular weight excluding hydrogens is 396 g/mol. The first-order valence-electron chi connectivity index (χ1n) is 9.00. The molecule has 0 saturated carbocycles. The maximum Gasteiger partial charge on any atom is 0.364 e. The molecule has 1 amide bonds. The lowest BCUT2D eigenvalue weighted by Gasteiger charge is -2.44. The minimum atomic E-state index is -2.69. The summed E-state index contributed by atoms with van der Waals surface area (Å²) in [6.07, 6.45) is -6.82. The number of carboxylic acid groups (broad SMARTS) is 1. The molecule has 6 atom stereocenters. The topological polar surface area (TPSA) is 229 Å². The lowest BCUT2D eigenvalue weighted by Crippen LogP contribution is -2.61. The number of amides is 1. The highest BCUT2D eigenvalue weighted by atomic mass is 16.7. The summed E-state index contributed by atoms with van der Waals surface area (Å²) in [4.78, 5) is 22.0. The van der Waals surface area contributed by atoms with Gasteiger partial charge in [0.25, 0.3) is 5.79 Å². The van der Waals surface area contributed by atoms with Gasteiger partial charge in [-0.1, -0.05) is 0 Å². The molecule has 0 spiro atoms. The Labute approximate surface area is 167 Å². The van der Waals surface area contributed by atoms with Crippen LogP contribution in [0.5, 0.6) is 0 Å². The normalized spacial score (nSPS) is 28.6. The highest BCUT2D eigenvalue weighted by Gasteiger charge is 2.53. The van der Waals surface area contributed by atoms with Gasteiger partial charge >= 0.3 is 5.97 Å². The average molecular weight is 428 g/mol. The molecule has 0 bridgehead atoms. The van der Waals surface area contributed by atoms with Gasteiger partial charge < -0.3 is 56.2 Å². The van der Waals surface area contributed by atoms with Crippen LogP contribution in [0.3, 0.4) is 0 Å². The summed E-state index contributed by atoms with van der Waals surface area (Å²) in [6.45, 7) is 1.88. The Morgan fingerprint density at radius 2 is 1.72 bits per heavy atom. The molecule has 1 aliphatic heterocycles. The van der Waals surface area contributed by atoms with E-state index < -0.39 is 61.1 Å². The van der Waals surface area contributed by atoms with Crippen LogP contribution in [-0.4, -0.2) is 116 Å². The van der Waals surface area contributed by atoms with Gasteiger partial charge in [-0.15, -0.1) is 0 Å². The summed E-state index contributed by atoms with van der Waals surface area (Å²) in [5.41, 5.74) is 0. The van der Waals surface area contributed by atoms with E-state index in [4.69, 9.17) is 25.2 Å². The van der Waals surface area contributed by atoms with Gasteiger partial charge in [-0.25, -0.2) is 4.79 Å². The molecule has 1 rings (SSSR count). The van der Waals surface area contributed by atoms with E-state index in [1.54, 1.807) is 0 Å². The van der Waals surface area contributed by atoms with Crippen molar-refractivity contribution in [3.63, 3.8) is 0 Å². The van der Waals surface area contributed by atoms with E-state index in [-0.39, 0.29) is 19.6 Å². The van der Waals surface area contributed by atoms with Crippen LogP contribution in [0.25, 0.3) is 0 Å². The van der Waals surface area contributed by atoms with E-state index in [9.17, 15) is 30.0 Å². The fourth-order valence-corrected chi connectivity index (χ4v) is 2.73. The van der Waals surface area contributed by atoms with Crippen molar-refractivity contribution in [2.75, 3.05) is 32.9 Å². The smallest absolute Gasteiger partial charge is 0.364 e. The Morgan fingerprint density at radius 1 is 1.17 bits per heavy atom. The van der Waals surface area contributed by atoms with Crippen molar-refractivity contribution in [3.8, 4) is 0 Å². The zero-order valence-corrected chi connectivity index (χ0v) is 16.1. The van der Waals surface area contributed by atoms with Gasteiger partial charge in [0, 0.05) is 32.9 Å². The second-order valence-corrected chi connectivity index (χ2v) is 6.51. The van der Waals surface area contributed by atoms with Crippen LogP contribution < -0.4 is 10.6 Å². The summed E-state index contributed by atoms with van der Waals surface area (Å²) < 4.78 is 5.01. The van der Waals surface area contributed by atoms with Crippen LogP contribution in [-0.2, 0) is 14.3 Å². The molecule has 172 valence electrons. The van der Waals surface area contributed by atoms with Crippen LogP contribution in [0.1, 0.15) is 19.8 Å². The van der Waals surface area contributed by atoms with Crippen molar-refractivity contribution in [1.82, 2.24) is 10.6 Å². The molecule has 1 aliphatic rings. The molecule has 0 aromatic rings. The third kappa shape index (κ3) is 9.75. The molecule has 29 heavy (non-hydrogen) atoms. The minimum Gasteiger partial charge on any atom is -0.477 e. The number of rotatable bonds is 10. The molecule has 1 heterocycles. The molecule has 1 fully saturated rings. The Bertz CT molecular complexity index is 491. The van der Waals surface area contributed by atoms with E-state index in [1.807, 2.05) is 0 Å². The van der Waals surface area contributed by atoms with Crippen molar-refractivity contribution < 1.29 is 55.2 Å². The Balaban J connectivity index is 0.000000956. The van der Waals surface area contributed by atoms with Gasteiger partial charge in [-0.2, -0.15) is 0 Å². The second-order valence-electron chi connectivity index (χ2n) is 6.51. The summed E-state index contributed by atoms with van der Waals surface area (Å²) in [7, 11) is 0. The third-order valence-electron chi connectivity index (χ3n) is 4.05. The van der Waals surface area contributed by atoms with Crippen LogP contribution in [0.15, 0.2) is 0 Å². The van der Waals surface area contributed by atoms with E-state index in [1.165, 1.54) is 0 Å². The number of ether oxygens (including phenoxy) is 1. The maximum absolute atomic E-state index is 11.0. The summed E-state index contributed by atoms with van der Waals surface area (Å²) in [5, 5.41) is 78.3. The molecule has 13 heteroatoms. The number of aliphatic hydroxyl groups excluding tert-OH is 6. The Kier molecular flexibility index (Phi) is 13.1. The molecule has 0 aliphatic carbocycles. The van der Waals surface area contributed by atoms with Gasteiger partial charge in [-0.3, -0.25) is 4.79 Å². The fourth-order valence-electron chi connectivity index (χ4n) is 2.73. The van der Waals surface area contributed by atoms with E-state index >= 15 is 0 Å². The predicted molar refractivity (Wildman–Crippen MR) is 96.1 cm³/mol. The number of carboxylic acids is 1. The molecule has 1 saturated heterocycles. The SMILES string of the molecule is CC(=O)N[C@@H](O)[C@@H]1[C@H](C[C@H](O)CO)O[C@](O)(C(=O)O)C[C@@H]1O.OCCNCCO. The summed E-state index contributed by atoms with van der Waals surface area (Å²) in [5.74, 6) is -6.21. The van der Waals surface area contributed by atoms with E-state index in [0.717, 1.165) is 6.92 Å². The maximum atomic E-state index is 11.0. The molecule has 0 radical (unpaired) electrons. The van der Waals surface area contributed by atoms with Crippen LogP contribution >= 0.6 is 0 Å². The van der Waals surface area contributed by atoms with Crippen molar-refractivity contribution in [2.24, 2.45) is 5.92 Å². The molecule has 0 aromatic carbocycles. The van der Waals surface area contributed by atoms with Crippen molar-refractivity contribution >= 4 is 11.9 Å². The van der Waals surface area contributed by atoms with Crippen molar-refractivity contribution in [1.29, 1.82) is 0 Å². The number of hydrogen-bond donors (Lipinski definition) is 10. The molecule has 0 unspecified atom stereocenters. The Hall–Kier alpha value is -1.42. The van der Waals surface area contributed by atoms with E-state index in [2.05, 4.69) is 10.6 Å². The zero-order chi connectivity index (χ0) is 22.6. The number of carbonyl (C=O) groups is 2. The number of nitrogens with one attached hydrogen (secondary N) is 2. The highest BCUT2D eigenvalue weighted by molar-refractivity contribution is 5.75. The lowest BCUT2D eigenvalue weighted by molar-refractivity contribution is -0.297. The molecular formula is C16H32N2O11. The zero-order valence-electron chi connectivity index (χ0n) is 16.1. The van der Waals surface area contributed by atoms with E-state index in [0.29, 0.717) is 13.1 Å². The van der Waals surface area contributed by atoms with Gasteiger partial charge in [0.1, 0.15) is 6.23 Å². The number of aliphatic carboxylic acids is 1. The van der Waals surface area contributed by atoms with Gasteiger partial charge in [0.05, 0.1) is 44.1 Å². The average Bonchev–Trinajstić information content (AvgIpc) is 2.61. The number of carbonyl (C=O) groups excluding carboxylic acids is 1. The first kappa shape index (κ1) is 27.6. The molecule has 10 N–H and O–H groups in total. The minimum absolute atomic E-state index is 0.139. The van der Waals surface area contributed by atoms with Crippen LogP contribution in [0.2, 0.25) is 0 Å². The predicted octanol–water partition coefficient (Wildman–Crippen LogP) is -4.72. The number of hydrogen-bond acceptors (Lipinski definition) is 11. The standard InChI is InChI=1S/C12H21NO9.C4H11NO2/c1-5(15)13-10(18)9-7(17)3-12(21,11(19)20)22-8(9)2-6(16)4-14;6-3-1-5-2-4-7/h6-10,14,16-18,21H,2-4H2,1H3,(H,13,15)(H,19,20);5-7H,1-4H2/t6-,7-,8-,9-,10-,12-;/m0./s1. The molecule has 0 aromatic heterocycles. The van der Waals surface area contributed by atoms with Crippen molar-refractivity contribution in [3.05, 3.63) is 0 Å². The van der Waals surface area contributed by atoms with Crippen LogP contribution in [0.4, 0.5) is 0 Å². The largest absolute Gasteiger partial charge is 0.477 e. The number of aliphatic hydroxyl groups is 7. The summed E-state index contributed by atoms with van der Waals surface area (Å²) >= 11 is 0. The first-order chi connectivity index (χ1) is 13.5. The lowest BCUT2D eigenvalue weighted by atomic mass is 9.83. The monoisotopic (exact) mass is 428 g/mol. The fraction of sp³-hybridized carbons (Fsp3) is 0.875. The highest BCUT2D eigenvalue weighted by Crippen LogP contribution is 2.35. The van der Waals surface area contributed by atoms with Gasteiger partial charge in [0.15, 0.2) is 0 Å². The first-order valence-corrected chi connectivity index (χ1v) is 9.00. The summed E-state index contributed by atoms with van der Waals surface area (Å²) in [6, 6.07) is 0. The van der Waals surface area contributed by atoms with Crippen LogP contribution in [0, 0.1) is 5.92 Å². The van der Waals surface area contributed by atoms with Gasteiger partial charge in [0.2, 0.25) is 5.91 Å². The second kappa shape index (κ2) is 13.7. The third-order valence-corrected chi connectivity index (χ3v) is 4.05. The van der Waals surface area contributed by atoms with Crippen molar-refractivity contribution in [2.45, 2.75) is 50.1 Å².